The number of halogens is 2. The average molecular weight is 541 g/mol. The van der Waals surface area contributed by atoms with E-state index in [0.717, 1.165) is 71.2 Å². The Labute approximate surface area is 210 Å². The number of nitrogens with zero attached hydrogens (tertiary/aromatic N) is 4. The van der Waals surface area contributed by atoms with Gasteiger partial charge in [-0.3, -0.25) is 4.90 Å². The highest BCUT2D eigenvalue weighted by molar-refractivity contribution is 9.10. The van der Waals surface area contributed by atoms with Crippen molar-refractivity contribution in [2.24, 2.45) is 0 Å². The van der Waals surface area contributed by atoms with Gasteiger partial charge in [-0.05, 0) is 40.9 Å². The first-order chi connectivity index (χ1) is 16.7. The van der Waals surface area contributed by atoms with E-state index in [1.54, 1.807) is 6.20 Å². The molecule has 0 bridgehead atoms. The molecule has 0 spiro atoms. The van der Waals surface area contributed by atoms with Gasteiger partial charge < -0.3 is 14.8 Å². The van der Waals surface area contributed by atoms with Crippen LogP contribution in [0.1, 0.15) is 18.4 Å². The largest absolute Gasteiger partial charge is 0.454 e. The van der Waals surface area contributed by atoms with Crippen molar-refractivity contribution in [1.82, 2.24) is 19.5 Å². The summed E-state index contributed by atoms with van der Waals surface area (Å²) in [5.41, 5.74) is 3.67. The molecule has 34 heavy (non-hydrogen) atoms. The third-order valence-corrected chi connectivity index (χ3v) is 7.28. The number of piperidine rings is 1. The number of hydrogen-bond acceptors (Lipinski definition) is 6. The van der Waals surface area contributed by atoms with E-state index in [1.807, 2.05) is 47.0 Å². The Morgan fingerprint density at radius 3 is 2.79 bits per heavy atom. The number of ether oxygens (including phenoxy) is 2. The molecule has 2 aliphatic rings. The molecule has 7 nitrogen and oxygen atoms in total. The van der Waals surface area contributed by atoms with Crippen LogP contribution in [-0.4, -0.2) is 45.4 Å². The first-order valence-corrected chi connectivity index (χ1v) is 12.5. The monoisotopic (exact) mass is 539 g/mol. The second-order valence-electron chi connectivity index (χ2n) is 8.58. The molecule has 0 unspecified atom stereocenters. The molecule has 4 aromatic rings. The van der Waals surface area contributed by atoms with Crippen molar-refractivity contribution in [2.45, 2.75) is 25.4 Å². The van der Waals surface area contributed by atoms with Crippen LogP contribution in [0.5, 0.6) is 11.5 Å². The number of anilines is 1. The summed E-state index contributed by atoms with van der Waals surface area (Å²) in [6.45, 7) is 3.16. The SMILES string of the molecule is Clc1ccccc1-c1cc(NC2CCN(Cc3cccc4c3OCO4)CC2)n2ncc(Br)c2n1. The minimum atomic E-state index is 0.304. The highest BCUT2D eigenvalue weighted by Gasteiger charge is 2.24. The molecule has 1 saturated heterocycles. The number of aromatic nitrogens is 3. The van der Waals surface area contributed by atoms with Gasteiger partial charge in [0.25, 0.3) is 0 Å². The standard InChI is InChI=1S/C25H23BrClN5O2/c26-19-13-28-32-23(12-21(30-25(19)32)18-5-1-2-6-20(18)27)29-17-8-10-31(11-9-17)14-16-4-3-7-22-24(16)34-15-33-22/h1-7,12-13,17,29H,8-11,14-15H2. The van der Waals surface area contributed by atoms with Crippen LogP contribution >= 0.6 is 27.5 Å². The fourth-order valence-electron chi connectivity index (χ4n) is 4.65. The summed E-state index contributed by atoms with van der Waals surface area (Å²) in [6, 6.07) is 16.3. The molecule has 2 aromatic heterocycles. The maximum absolute atomic E-state index is 6.47. The van der Waals surface area contributed by atoms with E-state index >= 15 is 0 Å². The zero-order valence-corrected chi connectivity index (χ0v) is 20.7. The minimum Gasteiger partial charge on any atom is -0.454 e. The Kier molecular flexibility index (Phi) is 5.80. The van der Waals surface area contributed by atoms with Crippen LogP contribution in [0, 0.1) is 0 Å². The highest BCUT2D eigenvalue weighted by atomic mass is 79.9. The van der Waals surface area contributed by atoms with Gasteiger partial charge in [-0.25, -0.2) is 4.98 Å². The van der Waals surface area contributed by atoms with E-state index < -0.39 is 0 Å². The van der Waals surface area contributed by atoms with Crippen molar-refractivity contribution in [3.63, 3.8) is 0 Å². The van der Waals surface area contributed by atoms with Crippen molar-refractivity contribution in [3.8, 4) is 22.8 Å². The fourth-order valence-corrected chi connectivity index (χ4v) is 5.23. The molecule has 2 aliphatic heterocycles. The fraction of sp³-hybridized carbons (Fsp3) is 0.280. The van der Waals surface area contributed by atoms with E-state index in [0.29, 0.717) is 17.9 Å². The Hall–Kier alpha value is -2.81. The molecule has 174 valence electrons. The average Bonchev–Trinajstić information content (AvgIpc) is 3.48. The summed E-state index contributed by atoms with van der Waals surface area (Å²) in [7, 11) is 0. The summed E-state index contributed by atoms with van der Waals surface area (Å²) >= 11 is 10.0. The Morgan fingerprint density at radius 2 is 1.94 bits per heavy atom. The summed E-state index contributed by atoms with van der Waals surface area (Å²) in [4.78, 5) is 7.28. The van der Waals surface area contributed by atoms with Crippen LogP contribution in [0.2, 0.25) is 5.02 Å². The third kappa shape index (κ3) is 4.10. The zero-order chi connectivity index (χ0) is 23.1. The Morgan fingerprint density at radius 1 is 1.09 bits per heavy atom. The Bertz CT molecular complexity index is 1350. The lowest BCUT2D eigenvalue weighted by atomic mass is 10.0. The summed E-state index contributed by atoms with van der Waals surface area (Å²) in [6.07, 6.45) is 3.83. The zero-order valence-electron chi connectivity index (χ0n) is 18.4. The van der Waals surface area contributed by atoms with Gasteiger partial charge in [-0.2, -0.15) is 9.61 Å². The normalized spacial score (nSPS) is 16.3. The first kappa shape index (κ1) is 21.7. The molecule has 0 radical (unpaired) electrons. The van der Waals surface area contributed by atoms with Gasteiger partial charge in [0.1, 0.15) is 5.82 Å². The topological polar surface area (TPSA) is 63.9 Å². The number of hydrogen-bond donors (Lipinski definition) is 1. The van der Waals surface area contributed by atoms with Gasteiger partial charge >= 0.3 is 0 Å². The van der Waals surface area contributed by atoms with Crippen LogP contribution in [0.4, 0.5) is 5.82 Å². The molecule has 1 fully saturated rings. The molecule has 0 aliphatic carbocycles. The van der Waals surface area contributed by atoms with E-state index in [2.05, 4.69) is 37.3 Å². The second-order valence-corrected chi connectivity index (χ2v) is 9.84. The lowest BCUT2D eigenvalue weighted by Gasteiger charge is -2.33. The van der Waals surface area contributed by atoms with Crippen molar-refractivity contribution >= 4 is 39.0 Å². The smallest absolute Gasteiger partial charge is 0.231 e. The van der Waals surface area contributed by atoms with Gasteiger partial charge in [-0.15, -0.1) is 0 Å². The van der Waals surface area contributed by atoms with Gasteiger partial charge in [-0.1, -0.05) is 41.9 Å². The first-order valence-electron chi connectivity index (χ1n) is 11.3. The molecule has 0 amide bonds. The number of nitrogens with one attached hydrogen (secondary N) is 1. The summed E-state index contributed by atoms with van der Waals surface area (Å²) in [5.74, 6) is 2.64. The van der Waals surface area contributed by atoms with Gasteiger partial charge in [0.05, 0.1) is 16.4 Å². The molecule has 0 atom stereocenters. The molecule has 2 aromatic carbocycles. The van der Waals surface area contributed by atoms with Crippen LogP contribution < -0.4 is 14.8 Å². The predicted octanol–water partition coefficient (Wildman–Crippen LogP) is 5.62. The maximum Gasteiger partial charge on any atom is 0.231 e. The van der Waals surface area contributed by atoms with E-state index in [9.17, 15) is 0 Å². The second kappa shape index (κ2) is 9.09. The number of fused-ring (bicyclic) bond motifs is 2. The van der Waals surface area contributed by atoms with Crippen molar-refractivity contribution in [1.29, 1.82) is 0 Å². The quantitative estimate of drug-likeness (QED) is 0.355. The van der Waals surface area contributed by atoms with Gasteiger partial charge in [0.2, 0.25) is 6.79 Å². The maximum atomic E-state index is 6.47. The summed E-state index contributed by atoms with van der Waals surface area (Å²) < 4.78 is 13.9. The third-order valence-electron chi connectivity index (χ3n) is 6.39. The van der Waals surface area contributed by atoms with Crippen molar-refractivity contribution in [2.75, 3.05) is 25.2 Å². The molecule has 6 rings (SSSR count). The van der Waals surface area contributed by atoms with E-state index in [1.165, 1.54) is 5.56 Å². The van der Waals surface area contributed by atoms with Crippen LogP contribution in [0.15, 0.2) is 59.2 Å². The Balaban J connectivity index is 1.19. The van der Waals surface area contributed by atoms with Crippen LogP contribution in [0.25, 0.3) is 16.9 Å². The van der Waals surface area contributed by atoms with Crippen LogP contribution in [-0.2, 0) is 6.54 Å². The number of likely N-dealkylation sites (tertiary alicyclic amines) is 1. The lowest BCUT2D eigenvalue weighted by molar-refractivity contribution is 0.170. The summed E-state index contributed by atoms with van der Waals surface area (Å²) in [5, 5.41) is 8.92. The molecule has 9 heteroatoms. The number of rotatable bonds is 5. The molecule has 4 heterocycles. The van der Waals surface area contributed by atoms with E-state index in [4.69, 9.17) is 26.1 Å². The van der Waals surface area contributed by atoms with Crippen LogP contribution in [0.3, 0.4) is 0 Å². The van der Waals surface area contributed by atoms with Gasteiger partial charge in [0, 0.05) is 47.9 Å². The molecular formula is C25H23BrClN5O2. The van der Waals surface area contributed by atoms with E-state index in [-0.39, 0.29) is 0 Å². The van der Waals surface area contributed by atoms with Crippen molar-refractivity contribution < 1.29 is 9.47 Å². The number of para-hydroxylation sites is 1. The molecule has 1 N–H and O–H groups in total. The highest BCUT2D eigenvalue weighted by Crippen LogP contribution is 2.36. The number of benzene rings is 2. The molecular weight excluding hydrogens is 518 g/mol. The predicted molar refractivity (Wildman–Crippen MR) is 136 cm³/mol. The lowest BCUT2D eigenvalue weighted by Crippen LogP contribution is -2.39. The van der Waals surface area contributed by atoms with Crippen molar-refractivity contribution in [3.05, 3.63) is 69.8 Å². The molecule has 0 saturated carbocycles. The van der Waals surface area contributed by atoms with Gasteiger partial charge in [0.15, 0.2) is 17.1 Å². The minimum absolute atomic E-state index is 0.304.